The fourth-order valence-electron chi connectivity index (χ4n) is 2.89. The number of rotatable bonds is 7. The minimum Gasteiger partial charge on any atom is -0.493 e. The normalized spacial score (nSPS) is 13.0. The molecule has 0 spiro atoms. The molecule has 26 heavy (non-hydrogen) atoms. The Labute approximate surface area is 161 Å². The van der Waals surface area contributed by atoms with Gasteiger partial charge in [-0.25, -0.2) is 4.99 Å². The van der Waals surface area contributed by atoms with E-state index in [1.165, 1.54) is 4.57 Å². The summed E-state index contributed by atoms with van der Waals surface area (Å²) in [6.45, 7) is 0.435. The zero-order chi connectivity index (χ0) is 18.8. The van der Waals surface area contributed by atoms with Gasteiger partial charge in [0.25, 0.3) is 5.91 Å². The lowest BCUT2D eigenvalue weighted by atomic mass is 10.1. The highest BCUT2D eigenvalue weighted by Crippen LogP contribution is 2.25. The first-order valence-corrected chi connectivity index (χ1v) is 9.25. The molecule has 1 amide bonds. The molecule has 1 aliphatic rings. The predicted molar refractivity (Wildman–Crippen MR) is 99.8 cm³/mol. The molecule has 3 N–H and O–H groups in total. The van der Waals surface area contributed by atoms with Crippen molar-refractivity contribution in [2.45, 2.75) is 32.2 Å². The van der Waals surface area contributed by atoms with Crippen LogP contribution < -0.4 is 10.6 Å². The van der Waals surface area contributed by atoms with Crippen LogP contribution in [0.15, 0.2) is 27.7 Å². The van der Waals surface area contributed by atoms with Gasteiger partial charge in [0.1, 0.15) is 5.69 Å². The fraction of sp³-hybridized carbons (Fsp3) is 0.294. The number of amides is 1. The van der Waals surface area contributed by atoms with Gasteiger partial charge in [0.2, 0.25) is 5.88 Å². The Kier molecular flexibility index (Phi) is 5.38. The number of aromatic nitrogens is 2. The molecule has 2 heterocycles. The standard InChI is InChI=1S/C17H16BrN3O4S/c18-9-5-6-11-10(8-9)13(15(24)19-11)14-16(25)21(17(26)20-14)7-3-1-2-4-12(22)23/h5-6,8,25H,1-4,7H2,(H,20,26)(H,22,23). The van der Waals surface area contributed by atoms with Crippen LogP contribution in [0.5, 0.6) is 5.88 Å². The number of unbranched alkanes of at least 4 members (excludes halogenated alkanes) is 2. The van der Waals surface area contributed by atoms with E-state index in [1.54, 1.807) is 18.2 Å². The number of carboxylic acid groups (broad SMARTS) is 1. The average molecular weight is 438 g/mol. The zero-order valence-corrected chi connectivity index (χ0v) is 16.1. The second kappa shape index (κ2) is 7.55. The van der Waals surface area contributed by atoms with Crippen molar-refractivity contribution in [1.82, 2.24) is 9.55 Å². The van der Waals surface area contributed by atoms with E-state index < -0.39 is 11.9 Å². The largest absolute Gasteiger partial charge is 0.493 e. The molecule has 0 bridgehead atoms. The molecule has 0 fully saturated rings. The summed E-state index contributed by atoms with van der Waals surface area (Å²) < 4.78 is 2.62. The number of imidazole rings is 1. The van der Waals surface area contributed by atoms with Crippen LogP contribution in [0.4, 0.5) is 0 Å². The molecule has 0 atom stereocenters. The van der Waals surface area contributed by atoms with Crippen molar-refractivity contribution in [2.24, 2.45) is 4.99 Å². The van der Waals surface area contributed by atoms with Gasteiger partial charge in [-0.2, -0.15) is 0 Å². The topological polar surface area (TPSA) is 108 Å². The quantitative estimate of drug-likeness (QED) is 0.453. The molecule has 3 rings (SSSR count). The number of nitrogens with one attached hydrogen (secondary N) is 1. The Morgan fingerprint density at radius 3 is 2.81 bits per heavy atom. The second-order valence-corrected chi connectivity index (χ2v) is 7.24. The summed E-state index contributed by atoms with van der Waals surface area (Å²) in [5.74, 6) is -1.36. The highest BCUT2D eigenvalue weighted by atomic mass is 79.9. The van der Waals surface area contributed by atoms with E-state index in [1.807, 2.05) is 0 Å². The van der Waals surface area contributed by atoms with Crippen molar-refractivity contribution >= 4 is 45.6 Å². The average Bonchev–Trinajstić information content (AvgIpc) is 3.03. The van der Waals surface area contributed by atoms with E-state index >= 15 is 0 Å². The maximum atomic E-state index is 12.3. The first-order chi connectivity index (χ1) is 12.4. The van der Waals surface area contributed by atoms with Crippen LogP contribution in [0.3, 0.4) is 0 Å². The van der Waals surface area contributed by atoms with E-state index in [0.717, 1.165) is 4.47 Å². The lowest BCUT2D eigenvalue weighted by Gasteiger charge is -2.05. The highest BCUT2D eigenvalue weighted by molar-refractivity contribution is 9.10. The molecular formula is C17H16BrN3O4S. The zero-order valence-electron chi connectivity index (χ0n) is 13.7. The van der Waals surface area contributed by atoms with Crippen LogP contribution in [-0.4, -0.2) is 31.6 Å². The number of aromatic amines is 1. The van der Waals surface area contributed by atoms with Gasteiger partial charge in [-0.05, 0) is 43.3 Å². The van der Waals surface area contributed by atoms with Crippen LogP contribution in [0, 0.1) is 4.77 Å². The van der Waals surface area contributed by atoms with Crippen molar-refractivity contribution < 1.29 is 19.8 Å². The van der Waals surface area contributed by atoms with Gasteiger partial charge in [-0.15, -0.1) is 0 Å². The lowest BCUT2D eigenvalue weighted by Crippen LogP contribution is -2.23. The third-order valence-electron chi connectivity index (χ3n) is 4.14. The van der Waals surface area contributed by atoms with Crippen LogP contribution in [0.25, 0.3) is 5.57 Å². The van der Waals surface area contributed by atoms with Crippen LogP contribution in [0.2, 0.25) is 0 Å². The summed E-state index contributed by atoms with van der Waals surface area (Å²) in [6, 6.07) is 5.30. The Morgan fingerprint density at radius 1 is 1.31 bits per heavy atom. The summed E-state index contributed by atoms with van der Waals surface area (Å²) in [5.41, 5.74) is 0.542. The fourth-order valence-corrected chi connectivity index (χ4v) is 3.54. The first kappa shape index (κ1) is 18.5. The van der Waals surface area contributed by atoms with Gasteiger partial charge >= 0.3 is 5.97 Å². The molecule has 7 nitrogen and oxygen atoms in total. The minimum atomic E-state index is -0.821. The van der Waals surface area contributed by atoms with Gasteiger partial charge in [0, 0.05) is 22.7 Å². The summed E-state index contributed by atoms with van der Waals surface area (Å²) in [5, 5.41) is 20.4. The number of benzene rings is 1. The Balaban J connectivity index is 1.90. The van der Waals surface area contributed by atoms with Gasteiger partial charge < -0.3 is 15.2 Å². The molecule has 1 aliphatic heterocycles. The van der Waals surface area contributed by atoms with E-state index in [9.17, 15) is 14.7 Å². The molecule has 0 aliphatic carbocycles. The summed E-state index contributed by atoms with van der Waals surface area (Å²) >= 11 is 8.64. The molecule has 0 radical (unpaired) electrons. The summed E-state index contributed by atoms with van der Waals surface area (Å²) in [4.78, 5) is 29.8. The Bertz CT molecular complexity index is 1070. The number of carboxylic acids is 1. The maximum absolute atomic E-state index is 12.3. The second-order valence-electron chi connectivity index (χ2n) is 5.94. The summed E-state index contributed by atoms with van der Waals surface area (Å²) in [6.07, 6.45) is 2.06. The molecule has 136 valence electrons. The van der Waals surface area contributed by atoms with Crippen molar-refractivity contribution in [1.29, 1.82) is 0 Å². The molecule has 1 aromatic heterocycles. The predicted octanol–water partition coefficient (Wildman–Crippen LogP) is 2.02. The molecule has 0 saturated heterocycles. The molecule has 0 unspecified atom stereocenters. The third-order valence-corrected chi connectivity index (χ3v) is 4.96. The van der Waals surface area contributed by atoms with Crippen LogP contribution in [0.1, 0.15) is 31.4 Å². The van der Waals surface area contributed by atoms with Gasteiger partial charge in [0.15, 0.2) is 4.77 Å². The molecule has 1 aromatic carbocycles. The van der Waals surface area contributed by atoms with Crippen molar-refractivity contribution in [2.75, 3.05) is 0 Å². The Hall–Kier alpha value is -2.26. The monoisotopic (exact) mass is 437 g/mol. The van der Waals surface area contributed by atoms with E-state index in [-0.39, 0.29) is 23.6 Å². The molecular weight excluding hydrogens is 422 g/mol. The number of halogens is 1. The van der Waals surface area contributed by atoms with Crippen LogP contribution in [-0.2, 0) is 16.1 Å². The number of hydrogen-bond acceptors (Lipinski definition) is 4. The van der Waals surface area contributed by atoms with Crippen molar-refractivity contribution in [3.63, 3.8) is 0 Å². The van der Waals surface area contributed by atoms with E-state index in [0.29, 0.717) is 41.2 Å². The maximum Gasteiger partial charge on any atom is 0.303 e. The van der Waals surface area contributed by atoms with E-state index in [2.05, 4.69) is 25.9 Å². The number of carbonyl (C=O) groups is 2. The number of H-pyrrole nitrogens is 1. The highest BCUT2D eigenvalue weighted by Gasteiger charge is 2.24. The molecule has 9 heteroatoms. The molecule has 0 saturated carbocycles. The van der Waals surface area contributed by atoms with Crippen molar-refractivity contribution in [3.05, 3.63) is 43.7 Å². The number of aromatic hydroxyl groups is 1. The summed E-state index contributed by atoms with van der Waals surface area (Å²) in [7, 11) is 0. The number of aliphatic carboxylic acids is 1. The Morgan fingerprint density at radius 2 is 2.08 bits per heavy atom. The first-order valence-electron chi connectivity index (χ1n) is 8.05. The SMILES string of the molecule is O=C(O)CCCCCn1c(O)c(C2=c3cc(Br)ccc3=NC2=O)[nH]c1=S. The minimum absolute atomic E-state index is 0.111. The van der Waals surface area contributed by atoms with Gasteiger partial charge in [-0.1, -0.05) is 22.4 Å². The lowest BCUT2D eigenvalue weighted by molar-refractivity contribution is -0.137. The number of nitrogens with zero attached hydrogens (tertiary/aromatic N) is 2. The van der Waals surface area contributed by atoms with E-state index in [4.69, 9.17) is 17.3 Å². The number of hydrogen-bond donors (Lipinski definition) is 3. The number of fused-ring (bicyclic) bond motifs is 1. The van der Waals surface area contributed by atoms with Crippen molar-refractivity contribution in [3.8, 4) is 5.88 Å². The smallest absolute Gasteiger partial charge is 0.303 e. The molecule has 2 aromatic rings. The van der Waals surface area contributed by atoms with Gasteiger partial charge in [-0.3, -0.25) is 14.2 Å². The third kappa shape index (κ3) is 3.63. The van der Waals surface area contributed by atoms with Gasteiger partial charge in [0.05, 0.1) is 10.9 Å². The van der Waals surface area contributed by atoms with Crippen LogP contribution >= 0.6 is 28.1 Å². The number of carbonyl (C=O) groups excluding carboxylic acids is 1.